The fraction of sp³-hybridized carbons (Fsp3) is 0.235. The number of aromatic nitrogens is 2. The molecule has 2 heterocycles. The maximum Gasteiger partial charge on any atom is 0.322 e. The molecule has 0 saturated carbocycles. The van der Waals surface area contributed by atoms with Crippen molar-refractivity contribution >= 4 is 28.9 Å². The molecule has 1 aliphatic heterocycles. The molecule has 0 spiro atoms. The summed E-state index contributed by atoms with van der Waals surface area (Å²) in [6.07, 6.45) is 7.88. The summed E-state index contributed by atoms with van der Waals surface area (Å²) in [6.45, 7) is 2.58. The van der Waals surface area contributed by atoms with Gasteiger partial charge >= 0.3 is 6.03 Å². The van der Waals surface area contributed by atoms with E-state index in [1.54, 1.807) is 47.8 Å². The Morgan fingerprint density at radius 2 is 2.09 bits per heavy atom. The Morgan fingerprint density at radius 1 is 1.30 bits per heavy atom. The lowest BCUT2D eigenvalue weighted by atomic mass is 9.99. The largest absolute Gasteiger partial charge is 0.322 e. The number of halogens is 1. The lowest BCUT2D eigenvalue weighted by Crippen LogP contribution is -2.43. The van der Waals surface area contributed by atoms with Crippen LogP contribution in [0.5, 0.6) is 0 Å². The van der Waals surface area contributed by atoms with Crippen LogP contribution in [0.4, 0.5) is 10.5 Å². The molecule has 1 aromatic heterocycles. The van der Waals surface area contributed by atoms with Gasteiger partial charge < -0.3 is 10.2 Å². The van der Waals surface area contributed by atoms with Crippen LogP contribution in [0.25, 0.3) is 5.57 Å². The van der Waals surface area contributed by atoms with E-state index in [1.165, 1.54) is 0 Å². The van der Waals surface area contributed by atoms with Gasteiger partial charge in [0.15, 0.2) is 0 Å². The minimum atomic E-state index is -0.116. The van der Waals surface area contributed by atoms with E-state index in [0.717, 1.165) is 23.4 Å². The van der Waals surface area contributed by atoms with Crippen LogP contribution in [0, 0.1) is 0 Å². The van der Waals surface area contributed by atoms with Crippen LogP contribution in [0.3, 0.4) is 0 Å². The molecule has 1 N–H and O–H groups in total. The van der Waals surface area contributed by atoms with Crippen LogP contribution in [0.1, 0.15) is 19.0 Å². The molecule has 0 fully saturated rings. The van der Waals surface area contributed by atoms with Crippen LogP contribution in [0.2, 0.25) is 5.02 Å². The van der Waals surface area contributed by atoms with E-state index in [2.05, 4.69) is 15.3 Å². The summed E-state index contributed by atoms with van der Waals surface area (Å²) >= 11 is 5.85. The van der Waals surface area contributed by atoms with Crippen LogP contribution in [-0.2, 0) is 0 Å². The van der Waals surface area contributed by atoms with Crippen LogP contribution in [-0.4, -0.2) is 33.5 Å². The molecule has 118 valence electrons. The summed E-state index contributed by atoms with van der Waals surface area (Å²) in [5.74, 6) is 0. The van der Waals surface area contributed by atoms with Crippen molar-refractivity contribution in [2.75, 3.05) is 11.9 Å². The first-order valence-electron chi connectivity index (χ1n) is 7.42. The van der Waals surface area contributed by atoms with Crippen molar-refractivity contribution in [2.24, 2.45) is 0 Å². The SMILES string of the molecule is C[C@H]1CC(c2cnccn2)=CCN1C(=O)Nc1ccc(Cl)cc1. The van der Waals surface area contributed by atoms with Crippen molar-refractivity contribution in [3.05, 3.63) is 59.6 Å². The first-order chi connectivity index (χ1) is 11.1. The number of hydrogen-bond acceptors (Lipinski definition) is 3. The van der Waals surface area contributed by atoms with Crippen molar-refractivity contribution < 1.29 is 4.79 Å². The van der Waals surface area contributed by atoms with Crippen molar-refractivity contribution in [1.82, 2.24) is 14.9 Å². The zero-order valence-corrected chi connectivity index (χ0v) is 13.5. The Labute approximate surface area is 140 Å². The zero-order valence-electron chi connectivity index (χ0n) is 12.7. The van der Waals surface area contributed by atoms with Gasteiger partial charge in [-0.15, -0.1) is 0 Å². The minimum Gasteiger partial charge on any atom is -0.318 e. The highest BCUT2D eigenvalue weighted by Crippen LogP contribution is 2.25. The van der Waals surface area contributed by atoms with E-state index in [1.807, 2.05) is 13.0 Å². The fourth-order valence-electron chi connectivity index (χ4n) is 2.59. The summed E-state index contributed by atoms with van der Waals surface area (Å²) < 4.78 is 0. The van der Waals surface area contributed by atoms with Gasteiger partial charge in [-0.3, -0.25) is 9.97 Å². The highest BCUT2D eigenvalue weighted by molar-refractivity contribution is 6.30. The number of hydrogen-bond donors (Lipinski definition) is 1. The molecule has 3 rings (SSSR count). The third-order valence-electron chi connectivity index (χ3n) is 3.83. The number of anilines is 1. The van der Waals surface area contributed by atoms with Crippen molar-refractivity contribution in [3.8, 4) is 0 Å². The summed E-state index contributed by atoms with van der Waals surface area (Å²) in [5, 5.41) is 3.54. The van der Waals surface area contributed by atoms with Crippen LogP contribution < -0.4 is 5.32 Å². The molecule has 0 radical (unpaired) electrons. The highest BCUT2D eigenvalue weighted by atomic mass is 35.5. The molecule has 5 nitrogen and oxygen atoms in total. The molecule has 6 heteroatoms. The number of carbonyl (C=O) groups is 1. The molecule has 0 aliphatic carbocycles. The predicted octanol–water partition coefficient (Wildman–Crippen LogP) is 3.84. The molecule has 23 heavy (non-hydrogen) atoms. The topological polar surface area (TPSA) is 58.1 Å². The number of carbonyl (C=O) groups excluding carboxylic acids is 1. The number of amides is 2. The van der Waals surface area contributed by atoms with E-state index in [0.29, 0.717) is 11.6 Å². The number of benzene rings is 1. The first kappa shape index (κ1) is 15.5. The van der Waals surface area contributed by atoms with Crippen LogP contribution in [0.15, 0.2) is 48.9 Å². The molecule has 1 aliphatic rings. The first-order valence-corrected chi connectivity index (χ1v) is 7.80. The molecule has 2 aromatic rings. The molecule has 1 aromatic carbocycles. The lowest BCUT2D eigenvalue weighted by molar-refractivity contribution is 0.198. The minimum absolute atomic E-state index is 0.0873. The second-order valence-corrected chi connectivity index (χ2v) is 5.90. The molecule has 0 bridgehead atoms. The number of urea groups is 1. The van der Waals surface area contributed by atoms with Crippen LogP contribution >= 0.6 is 11.6 Å². The highest BCUT2D eigenvalue weighted by Gasteiger charge is 2.25. The molecular weight excluding hydrogens is 312 g/mol. The zero-order chi connectivity index (χ0) is 16.2. The quantitative estimate of drug-likeness (QED) is 0.911. The predicted molar refractivity (Wildman–Crippen MR) is 91.3 cm³/mol. The Hall–Kier alpha value is -2.40. The molecule has 2 amide bonds. The van der Waals surface area contributed by atoms with E-state index in [4.69, 9.17) is 11.6 Å². The van der Waals surface area contributed by atoms with E-state index >= 15 is 0 Å². The second kappa shape index (κ2) is 6.79. The van der Waals surface area contributed by atoms with Crippen molar-refractivity contribution in [3.63, 3.8) is 0 Å². The second-order valence-electron chi connectivity index (χ2n) is 5.46. The van der Waals surface area contributed by atoms with Gasteiger partial charge in [-0.2, -0.15) is 0 Å². The molecule has 0 unspecified atom stereocenters. The average Bonchev–Trinajstić information content (AvgIpc) is 2.57. The Bertz CT molecular complexity index is 715. The molecule has 0 saturated heterocycles. The normalized spacial score (nSPS) is 17.6. The van der Waals surface area contributed by atoms with Gasteiger partial charge in [0.25, 0.3) is 0 Å². The lowest BCUT2D eigenvalue weighted by Gasteiger charge is -2.32. The van der Waals surface area contributed by atoms with E-state index in [-0.39, 0.29) is 12.1 Å². The molecule has 1 atom stereocenters. The third kappa shape index (κ3) is 3.68. The summed E-state index contributed by atoms with van der Waals surface area (Å²) in [6, 6.07) is 7.05. The van der Waals surface area contributed by atoms with E-state index < -0.39 is 0 Å². The van der Waals surface area contributed by atoms with E-state index in [9.17, 15) is 4.79 Å². The van der Waals surface area contributed by atoms with Gasteiger partial charge in [0.2, 0.25) is 0 Å². The number of nitrogens with one attached hydrogen (secondary N) is 1. The van der Waals surface area contributed by atoms with Gasteiger partial charge in [-0.1, -0.05) is 17.7 Å². The van der Waals surface area contributed by atoms with Crippen molar-refractivity contribution in [2.45, 2.75) is 19.4 Å². The maximum absolute atomic E-state index is 12.4. The number of rotatable bonds is 2. The third-order valence-corrected chi connectivity index (χ3v) is 4.08. The Kier molecular flexibility index (Phi) is 4.57. The maximum atomic E-state index is 12.4. The summed E-state index contributed by atoms with van der Waals surface area (Å²) in [4.78, 5) is 22.6. The number of nitrogens with zero attached hydrogens (tertiary/aromatic N) is 3. The monoisotopic (exact) mass is 328 g/mol. The Morgan fingerprint density at radius 3 is 2.74 bits per heavy atom. The summed E-state index contributed by atoms with van der Waals surface area (Å²) in [5.41, 5.74) is 2.73. The average molecular weight is 329 g/mol. The standard InChI is InChI=1S/C17H17ClN4O/c1-12-10-13(16-11-19-7-8-20-16)6-9-22(12)17(23)21-15-4-2-14(18)3-5-15/h2-8,11-12H,9-10H2,1H3,(H,21,23)/t12-/m0/s1. The summed E-state index contributed by atoms with van der Waals surface area (Å²) in [7, 11) is 0. The van der Waals surface area contributed by atoms with Gasteiger partial charge in [-0.05, 0) is 43.2 Å². The van der Waals surface area contributed by atoms with Gasteiger partial charge in [0.1, 0.15) is 0 Å². The van der Waals surface area contributed by atoms with Crippen molar-refractivity contribution in [1.29, 1.82) is 0 Å². The smallest absolute Gasteiger partial charge is 0.318 e. The van der Waals surface area contributed by atoms with Gasteiger partial charge in [0, 0.05) is 35.7 Å². The molecular formula is C17H17ClN4O. The fourth-order valence-corrected chi connectivity index (χ4v) is 2.71. The Balaban J connectivity index is 1.68. The van der Waals surface area contributed by atoms with Gasteiger partial charge in [0.05, 0.1) is 11.9 Å². The van der Waals surface area contributed by atoms with Gasteiger partial charge in [-0.25, -0.2) is 4.79 Å².